The predicted molar refractivity (Wildman–Crippen MR) is 134 cm³/mol. The quantitative estimate of drug-likeness (QED) is 0.421. The van der Waals surface area contributed by atoms with Gasteiger partial charge in [-0.1, -0.05) is 18.2 Å². The van der Waals surface area contributed by atoms with E-state index in [4.69, 9.17) is 9.84 Å². The van der Waals surface area contributed by atoms with Crippen LogP contribution in [0.25, 0.3) is 5.65 Å². The topological polar surface area (TPSA) is 79.1 Å². The predicted octanol–water partition coefficient (Wildman–Crippen LogP) is 3.90. The number of aliphatic hydroxyl groups is 1. The number of halogens is 1. The summed E-state index contributed by atoms with van der Waals surface area (Å²) in [5.41, 5.74) is 1.79. The van der Waals surface area contributed by atoms with Crippen molar-refractivity contribution in [1.82, 2.24) is 14.3 Å². The number of aromatic nitrogens is 2. The van der Waals surface area contributed by atoms with Gasteiger partial charge in [-0.3, -0.25) is 9.20 Å². The third kappa shape index (κ3) is 5.93. The molecule has 2 aromatic heterocycles. The largest absolute Gasteiger partial charge is 0.494 e. The molecule has 0 bridgehead atoms. The van der Waals surface area contributed by atoms with Gasteiger partial charge in [0.1, 0.15) is 21.7 Å². The van der Waals surface area contributed by atoms with Crippen LogP contribution in [0.15, 0.2) is 57.9 Å². The van der Waals surface area contributed by atoms with Gasteiger partial charge in [0.15, 0.2) is 0 Å². The first kappa shape index (κ1) is 23.7. The molecular formula is C25H31BrN4O3. The van der Waals surface area contributed by atoms with Crippen LogP contribution in [0.5, 0.6) is 5.75 Å². The fourth-order valence-corrected chi connectivity index (χ4v) is 4.83. The Bertz CT molecular complexity index is 1120. The highest BCUT2D eigenvalue weighted by molar-refractivity contribution is 9.10. The van der Waals surface area contributed by atoms with Gasteiger partial charge in [-0.15, -0.1) is 0 Å². The minimum Gasteiger partial charge on any atom is -0.494 e. The zero-order valence-electron chi connectivity index (χ0n) is 18.9. The maximum atomic E-state index is 12.7. The summed E-state index contributed by atoms with van der Waals surface area (Å²) >= 11 is 3.45. The van der Waals surface area contributed by atoms with Crippen molar-refractivity contribution in [3.8, 4) is 5.75 Å². The number of hydrogen-bond donors (Lipinski definition) is 2. The minimum atomic E-state index is -0.115. The lowest BCUT2D eigenvalue weighted by Crippen LogP contribution is -2.43. The number of nitrogens with zero attached hydrogens (tertiary/aromatic N) is 3. The van der Waals surface area contributed by atoms with Crippen molar-refractivity contribution in [2.24, 2.45) is 0 Å². The number of hydrogen-bond acceptors (Lipinski definition) is 6. The molecule has 0 radical (unpaired) electrons. The maximum absolute atomic E-state index is 12.7. The Hall–Kier alpha value is -2.42. The van der Waals surface area contributed by atoms with Gasteiger partial charge in [-0.05, 0) is 84.4 Å². The molecule has 0 amide bonds. The Balaban J connectivity index is 1.42. The Labute approximate surface area is 202 Å². The number of likely N-dealkylation sites (N-methyl/N-ethyl adjacent to an activating group) is 1. The smallest absolute Gasteiger partial charge is 0.274 e. The van der Waals surface area contributed by atoms with Gasteiger partial charge in [-0.25, -0.2) is 4.98 Å². The second-order valence-electron chi connectivity index (χ2n) is 8.71. The second kappa shape index (κ2) is 11.1. The van der Waals surface area contributed by atoms with Gasteiger partial charge >= 0.3 is 0 Å². The summed E-state index contributed by atoms with van der Waals surface area (Å²) in [4.78, 5) is 19.7. The molecule has 2 N–H and O–H groups in total. The maximum Gasteiger partial charge on any atom is 0.274 e. The highest BCUT2D eigenvalue weighted by Gasteiger charge is 2.27. The fourth-order valence-electron chi connectivity index (χ4n) is 4.44. The SMILES string of the molecule is CN1C[C@H](Nc2nc3ccccn3c(=O)c2Br)C[C@H](c2ccc(OCCCCCO)cc2)C1. The lowest BCUT2D eigenvalue weighted by molar-refractivity contribution is 0.235. The molecule has 0 aliphatic carbocycles. The number of rotatable bonds is 9. The molecule has 2 atom stereocenters. The van der Waals surface area contributed by atoms with Crippen LogP contribution in [0.3, 0.4) is 0 Å². The number of fused-ring (bicyclic) bond motifs is 1. The molecule has 33 heavy (non-hydrogen) atoms. The Morgan fingerprint density at radius 3 is 2.76 bits per heavy atom. The number of anilines is 1. The van der Waals surface area contributed by atoms with Crippen molar-refractivity contribution < 1.29 is 9.84 Å². The zero-order valence-corrected chi connectivity index (χ0v) is 20.5. The Kier molecular flexibility index (Phi) is 8.01. The van der Waals surface area contributed by atoms with Gasteiger partial charge < -0.3 is 20.1 Å². The summed E-state index contributed by atoms with van der Waals surface area (Å²) in [7, 11) is 2.13. The molecule has 0 unspecified atom stereocenters. The van der Waals surface area contributed by atoms with Crippen LogP contribution < -0.4 is 15.6 Å². The second-order valence-corrected chi connectivity index (χ2v) is 9.50. The van der Waals surface area contributed by atoms with Crippen LogP contribution in [-0.4, -0.2) is 58.8 Å². The van der Waals surface area contributed by atoms with Crippen molar-refractivity contribution in [2.75, 3.05) is 38.7 Å². The summed E-state index contributed by atoms with van der Waals surface area (Å²) in [6.07, 6.45) is 5.43. The molecule has 3 aromatic rings. The van der Waals surface area contributed by atoms with Gasteiger partial charge in [0.05, 0.1) is 6.61 Å². The van der Waals surface area contributed by atoms with Gasteiger partial charge in [0, 0.05) is 31.9 Å². The van der Waals surface area contributed by atoms with Crippen LogP contribution in [-0.2, 0) is 0 Å². The molecule has 7 nitrogen and oxygen atoms in total. The number of pyridine rings is 1. The Morgan fingerprint density at radius 1 is 1.15 bits per heavy atom. The van der Waals surface area contributed by atoms with Gasteiger partial charge in [0.2, 0.25) is 0 Å². The van der Waals surface area contributed by atoms with E-state index in [2.05, 4.69) is 50.3 Å². The molecule has 1 fully saturated rings. The number of aliphatic hydroxyl groups excluding tert-OH is 1. The van der Waals surface area contributed by atoms with E-state index in [1.165, 1.54) is 5.56 Å². The number of unbranched alkanes of at least 4 members (excludes halogenated alkanes) is 2. The van der Waals surface area contributed by atoms with Gasteiger partial charge in [0.25, 0.3) is 5.56 Å². The summed E-state index contributed by atoms with van der Waals surface area (Å²) in [5, 5.41) is 12.4. The average Bonchev–Trinajstić information content (AvgIpc) is 2.82. The first-order valence-electron chi connectivity index (χ1n) is 11.5. The van der Waals surface area contributed by atoms with E-state index in [0.717, 1.165) is 44.5 Å². The lowest BCUT2D eigenvalue weighted by atomic mass is 9.88. The minimum absolute atomic E-state index is 0.115. The summed E-state index contributed by atoms with van der Waals surface area (Å²) in [6, 6.07) is 14.1. The van der Waals surface area contributed by atoms with Crippen molar-refractivity contribution in [3.05, 3.63) is 69.1 Å². The Morgan fingerprint density at radius 2 is 1.97 bits per heavy atom. The van der Waals surface area contributed by atoms with E-state index in [-0.39, 0.29) is 18.2 Å². The molecule has 1 aromatic carbocycles. The summed E-state index contributed by atoms with van der Waals surface area (Å²) in [6.45, 7) is 2.78. The van der Waals surface area contributed by atoms with E-state index < -0.39 is 0 Å². The van der Waals surface area contributed by atoms with Gasteiger partial charge in [-0.2, -0.15) is 0 Å². The zero-order chi connectivity index (χ0) is 23.2. The van der Waals surface area contributed by atoms with E-state index in [9.17, 15) is 4.79 Å². The normalized spacial score (nSPS) is 19.0. The first-order chi connectivity index (χ1) is 16.0. The molecule has 1 aliphatic rings. The average molecular weight is 515 g/mol. The molecule has 1 saturated heterocycles. The molecule has 0 saturated carbocycles. The molecule has 3 heterocycles. The number of benzene rings is 1. The number of likely N-dealkylation sites (tertiary alicyclic amines) is 1. The van der Waals surface area contributed by atoms with E-state index in [0.29, 0.717) is 28.5 Å². The molecule has 8 heteroatoms. The van der Waals surface area contributed by atoms with E-state index in [1.54, 1.807) is 10.6 Å². The van der Waals surface area contributed by atoms with Crippen LogP contribution in [0, 0.1) is 0 Å². The number of ether oxygens (including phenoxy) is 1. The van der Waals surface area contributed by atoms with Crippen LogP contribution in [0.2, 0.25) is 0 Å². The highest BCUT2D eigenvalue weighted by atomic mass is 79.9. The molecule has 176 valence electrons. The molecule has 1 aliphatic heterocycles. The third-order valence-electron chi connectivity index (χ3n) is 6.08. The molecular weight excluding hydrogens is 484 g/mol. The highest BCUT2D eigenvalue weighted by Crippen LogP contribution is 2.30. The van der Waals surface area contributed by atoms with Crippen molar-refractivity contribution in [1.29, 1.82) is 0 Å². The molecule has 4 rings (SSSR count). The first-order valence-corrected chi connectivity index (χ1v) is 12.3. The van der Waals surface area contributed by atoms with Crippen molar-refractivity contribution in [3.63, 3.8) is 0 Å². The fraction of sp³-hybridized carbons (Fsp3) is 0.440. The monoisotopic (exact) mass is 514 g/mol. The lowest BCUT2D eigenvalue weighted by Gasteiger charge is -2.36. The van der Waals surface area contributed by atoms with E-state index in [1.807, 2.05) is 30.3 Å². The summed E-state index contributed by atoms with van der Waals surface area (Å²) in [5.74, 6) is 1.85. The van der Waals surface area contributed by atoms with Crippen molar-refractivity contribution in [2.45, 2.75) is 37.6 Å². The van der Waals surface area contributed by atoms with Crippen molar-refractivity contribution >= 4 is 27.4 Å². The molecule has 0 spiro atoms. The van der Waals surface area contributed by atoms with E-state index >= 15 is 0 Å². The number of nitrogens with one attached hydrogen (secondary N) is 1. The van der Waals surface area contributed by atoms with Crippen LogP contribution >= 0.6 is 15.9 Å². The van der Waals surface area contributed by atoms with Crippen LogP contribution in [0.4, 0.5) is 5.82 Å². The number of piperidine rings is 1. The van der Waals surface area contributed by atoms with Crippen LogP contribution in [0.1, 0.15) is 37.2 Å². The standard InChI is InChI=1S/C25H31BrN4O3/c1-29-16-19(18-8-10-21(11-9-18)33-14-6-2-5-13-31)15-20(17-29)27-24-23(26)25(32)30-12-4-3-7-22(30)28-24/h3-4,7-12,19-20,27,31H,2,5-6,13-17H2,1H3/t19-,20+/m0/s1. The summed E-state index contributed by atoms with van der Waals surface area (Å²) < 4.78 is 7.82. The third-order valence-corrected chi connectivity index (χ3v) is 6.79.